The van der Waals surface area contributed by atoms with E-state index < -0.39 is 12.2 Å². The van der Waals surface area contributed by atoms with Crippen LogP contribution in [0, 0.1) is 22.7 Å². The molecule has 23 heavy (non-hydrogen) atoms. The molecule has 1 heterocycles. The van der Waals surface area contributed by atoms with Gasteiger partial charge in [-0.15, -0.1) is 11.3 Å². The number of nitriles is 2. The van der Waals surface area contributed by atoms with Crippen LogP contribution in [0.15, 0.2) is 29.1 Å². The summed E-state index contributed by atoms with van der Waals surface area (Å²) in [7, 11) is 1.43. The topological polar surface area (TPSA) is 78.8 Å². The second-order valence-corrected chi connectivity index (χ2v) is 5.33. The van der Waals surface area contributed by atoms with E-state index in [1.54, 1.807) is 18.2 Å². The minimum absolute atomic E-state index is 0.0655. The van der Waals surface area contributed by atoms with Gasteiger partial charge in [-0.1, -0.05) is 18.2 Å². The predicted molar refractivity (Wildman–Crippen MR) is 80.1 cm³/mol. The highest BCUT2D eigenvalue weighted by atomic mass is 32.1. The summed E-state index contributed by atoms with van der Waals surface area (Å²) in [5, 5.41) is 17.8. The van der Waals surface area contributed by atoms with E-state index in [1.165, 1.54) is 35.9 Å². The van der Waals surface area contributed by atoms with Crippen molar-refractivity contribution >= 4 is 23.0 Å². The lowest BCUT2D eigenvalue weighted by molar-refractivity contribution is -0.0499. The molecule has 0 atom stereocenters. The fourth-order valence-corrected chi connectivity index (χ4v) is 2.88. The molecule has 0 amide bonds. The van der Waals surface area contributed by atoms with Crippen molar-refractivity contribution < 1.29 is 13.5 Å². The molecule has 0 bridgehead atoms. The highest BCUT2D eigenvalue weighted by molar-refractivity contribution is 7.07. The number of hydrogen-bond acceptors (Lipinski definition) is 5. The Morgan fingerprint density at radius 2 is 2.00 bits per heavy atom. The van der Waals surface area contributed by atoms with Crippen LogP contribution in [0.5, 0.6) is 5.75 Å². The number of aromatic nitrogens is 1. The smallest absolute Gasteiger partial charge is 0.387 e. The molecule has 0 aliphatic carbocycles. The third kappa shape index (κ3) is 3.44. The van der Waals surface area contributed by atoms with Crippen molar-refractivity contribution in [1.29, 1.82) is 10.5 Å². The number of rotatable bonds is 3. The van der Waals surface area contributed by atoms with E-state index in [0.29, 0.717) is 5.56 Å². The largest absolute Gasteiger partial charge is 0.434 e. The molecule has 0 fully saturated rings. The first-order valence-electron chi connectivity index (χ1n) is 6.23. The van der Waals surface area contributed by atoms with Gasteiger partial charge in [-0.25, -0.2) is 0 Å². The summed E-state index contributed by atoms with van der Waals surface area (Å²) in [6.07, 6.45) is 1.39. The summed E-state index contributed by atoms with van der Waals surface area (Å²) >= 11 is 0.936. The van der Waals surface area contributed by atoms with Crippen LogP contribution < -0.4 is 19.5 Å². The fraction of sp³-hybridized carbons (Fsp3) is 0.133. The van der Waals surface area contributed by atoms with Crippen LogP contribution in [0.3, 0.4) is 0 Å². The number of thiazole rings is 1. The Kier molecular flexibility index (Phi) is 4.89. The third-order valence-electron chi connectivity index (χ3n) is 2.89. The van der Waals surface area contributed by atoms with Crippen LogP contribution in [-0.4, -0.2) is 11.2 Å². The van der Waals surface area contributed by atoms with Gasteiger partial charge in [-0.2, -0.15) is 19.3 Å². The first kappa shape index (κ1) is 16.4. The van der Waals surface area contributed by atoms with Crippen molar-refractivity contribution in [2.75, 3.05) is 0 Å². The van der Waals surface area contributed by atoms with E-state index in [0.717, 1.165) is 11.3 Å². The Balaban J connectivity index is 2.72. The predicted octanol–water partition coefficient (Wildman–Crippen LogP) is 1.07. The summed E-state index contributed by atoms with van der Waals surface area (Å²) < 4.78 is 30.8. The van der Waals surface area contributed by atoms with Crippen molar-refractivity contribution in [1.82, 2.24) is 4.57 Å². The van der Waals surface area contributed by atoms with Crippen LogP contribution in [0.1, 0.15) is 5.56 Å². The number of halogens is 2. The third-order valence-corrected chi connectivity index (χ3v) is 4.07. The normalized spacial score (nSPS) is 11.1. The molecule has 1 aromatic carbocycles. The molecule has 0 unspecified atom stereocenters. The molecule has 0 saturated heterocycles. The lowest BCUT2D eigenvalue weighted by Gasteiger charge is -2.06. The van der Waals surface area contributed by atoms with Gasteiger partial charge in [-0.05, 0) is 12.1 Å². The van der Waals surface area contributed by atoms with Crippen LogP contribution in [0.25, 0.3) is 11.6 Å². The van der Waals surface area contributed by atoms with Crippen molar-refractivity contribution in [3.8, 4) is 17.9 Å². The second-order valence-electron chi connectivity index (χ2n) is 4.29. The van der Waals surface area contributed by atoms with Crippen molar-refractivity contribution in [2.45, 2.75) is 6.61 Å². The Morgan fingerprint density at radius 3 is 2.61 bits per heavy atom. The Bertz CT molecular complexity index is 977. The average Bonchev–Trinajstić information content (AvgIpc) is 2.79. The van der Waals surface area contributed by atoms with Gasteiger partial charge < -0.3 is 9.30 Å². The quantitative estimate of drug-likeness (QED) is 0.842. The maximum atomic E-state index is 12.4. The maximum absolute atomic E-state index is 12.4. The molecule has 116 valence electrons. The molecular formula is C15H9F2N3O2S. The standard InChI is InChI=1S/C15H9F2N3O2S/c1-20-13(21)12(23-14(20)10(7-18)8-19)6-9-4-2-3-5-11(9)22-15(16)17/h2-6,15H,1H3/b12-6+. The van der Waals surface area contributed by atoms with E-state index in [2.05, 4.69) is 4.74 Å². The number of hydrogen-bond donors (Lipinski definition) is 0. The Morgan fingerprint density at radius 1 is 1.35 bits per heavy atom. The van der Waals surface area contributed by atoms with Gasteiger partial charge in [0.15, 0.2) is 5.57 Å². The van der Waals surface area contributed by atoms with Crippen molar-refractivity contribution in [2.24, 2.45) is 7.05 Å². The number of ether oxygens (including phenoxy) is 1. The molecule has 0 spiro atoms. The van der Waals surface area contributed by atoms with Gasteiger partial charge in [0.05, 0.1) is 4.53 Å². The molecule has 5 nitrogen and oxygen atoms in total. The van der Waals surface area contributed by atoms with E-state index in [-0.39, 0.29) is 20.5 Å². The number of nitrogens with zero attached hydrogens (tertiary/aromatic N) is 3. The molecular weight excluding hydrogens is 324 g/mol. The number of benzene rings is 1. The molecule has 8 heteroatoms. The number of para-hydroxylation sites is 1. The monoisotopic (exact) mass is 333 g/mol. The van der Waals surface area contributed by atoms with Crippen molar-refractivity contribution in [3.05, 3.63) is 49.4 Å². The SMILES string of the molecule is Cn1c(=C(C#N)C#N)s/c(=C/c2ccccc2OC(F)F)c1=O. The van der Waals surface area contributed by atoms with E-state index >= 15 is 0 Å². The minimum Gasteiger partial charge on any atom is -0.434 e. The van der Waals surface area contributed by atoms with Crippen LogP contribution in [0.2, 0.25) is 0 Å². The molecule has 0 N–H and O–H groups in total. The Labute approximate surface area is 133 Å². The van der Waals surface area contributed by atoms with Gasteiger partial charge in [0.2, 0.25) is 0 Å². The van der Waals surface area contributed by atoms with E-state index in [1.807, 2.05) is 0 Å². The number of alkyl halides is 2. The molecule has 0 aliphatic rings. The Hall–Kier alpha value is -2.97. The lowest BCUT2D eigenvalue weighted by atomic mass is 10.2. The summed E-state index contributed by atoms with van der Waals surface area (Å²) in [6.45, 7) is -2.98. The summed E-state index contributed by atoms with van der Waals surface area (Å²) in [4.78, 5) is 12.2. The van der Waals surface area contributed by atoms with Gasteiger partial charge in [0.25, 0.3) is 5.56 Å². The zero-order chi connectivity index (χ0) is 17.0. The van der Waals surface area contributed by atoms with E-state index in [4.69, 9.17) is 10.5 Å². The second kappa shape index (κ2) is 6.86. The van der Waals surface area contributed by atoms with E-state index in [9.17, 15) is 13.6 Å². The van der Waals surface area contributed by atoms with Crippen LogP contribution in [-0.2, 0) is 7.05 Å². The molecule has 0 radical (unpaired) electrons. The average molecular weight is 333 g/mol. The van der Waals surface area contributed by atoms with Gasteiger partial charge in [0.1, 0.15) is 22.6 Å². The van der Waals surface area contributed by atoms with Gasteiger partial charge in [0, 0.05) is 12.6 Å². The van der Waals surface area contributed by atoms with Gasteiger partial charge in [-0.3, -0.25) is 4.79 Å². The minimum atomic E-state index is -2.98. The molecule has 1 aromatic heterocycles. The summed E-state index contributed by atoms with van der Waals surface area (Å²) in [5.41, 5.74) is -0.319. The van der Waals surface area contributed by atoms with Crippen LogP contribution >= 0.6 is 11.3 Å². The zero-order valence-corrected chi connectivity index (χ0v) is 12.6. The highest BCUT2D eigenvalue weighted by Gasteiger charge is 2.09. The zero-order valence-electron chi connectivity index (χ0n) is 11.8. The van der Waals surface area contributed by atoms with Crippen LogP contribution in [0.4, 0.5) is 8.78 Å². The summed E-state index contributed by atoms with van der Waals surface area (Å²) in [5.74, 6) is -0.0655. The van der Waals surface area contributed by atoms with Crippen molar-refractivity contribution in [3.63, 3.8) is 0 Å². The molecule has 2 rings (SSSR count). The lowest BCUT2D eigenvalue weighted by Crippen LogP contribution is -2.29. The fourth-order valence-electron chi connectivity index (χ4n) is 1.85. The molecule has 2 aromatic rings. The summed E-state index contributed by atoms with van der Waals surface area (Å²) in [6, 6.07) is 9.47. The highest BCUT2D eigenvalue weighted by Crippen LogP contribution is 2.20. The first-order chi connectivity index (χ1) is 11.0. The first-order valence-corrected chi connectivity index (χ1v) is 7.05. The maximum Gasteiger partial charge on any atom is 0.387 e. The molecule has 0 saturated carbocycles. The van der Waals surface area contributed by atoms with Gasteiger partial charge >= 0.3 is 6.61 Å². The molecule has 0 aliphatic heterocycles.